The Morgan fingerprint density at radius 1 is 1.14 bits per heavy atom. The standard InChI is InChI=1S/C27H31N3O4S/c1-18(25(31)28-16-15-19-9-5-4-6-10-19)35-27-29-22-12-8-7-11-21(22)26(32)30(27)20-13-14-23(33-2)24(17-20)34-3/h7-9,11-14,17-18H,4-6,10,15-16H2,1-3H3,(H,28,31). The average Bonchev–Trinajstić information content (AvgIpc) is 2.89. The summed E-state index contributed by atoms with van der Waals surface area (Å²) in [5.74, 6) is 0.990. The number of allylic oxidation sites excluding steroid dienone is 1. The van der Waals surface area contributed by atoms with Gasteiger partial charge >= 0.3 is 0 Å². The summed E-state index contributed by atoms with van der Waals surface area (Å²) in [7, 11) is 3.11. The minimum atomic E-state index is -0.435. The molecule has 1 aromatic heterocycles. The molecule has 1 aliphatic rings. The summed E-state index contributed by atoms with van der Waals surface area (Å²) < 4.78 is 12.3. The van der Waals surface area contributed by atoms with E-state index in [0.717, 1.165) is 19.3 Å². The van der Waals surface area contributed by atoms with Crippen molar-refractivity contribution < 1.29 is 14.3 Å². The highest BCUT2D eigenvalue weighted by Crippen LogP contribution is 2.31. The molecule has 1 N–H and O–H groups in total. The zero-order valence-electron chi connectivity index (χ0n) is 20.4. The maximum Gasteiger partial charge on any atom is 0.266 e. The summed E-state index contributed by atoms with van der Waals surface area (Å²) in [6.45, 7) is 2.45. The predicted octanol–water partition coefficient (Wildman–Crippen LogP) is 4.89. The highest BCUT2D eigenvalue weighted by Gasteiger charge is 2.21. The van der Waals surface area contributed by atoms with Crippen LogP contribution in [0.1, 0.15) is 39.0 Å². The number of nitrogens with zero attached hydrogens (tertiary/aromatic N) is 2. The summed E-state index contributed by atoms with van der Waals surface area (Å²) in [6, 6.07) is 12.5. The first kappa shape index (κ1) is 24.9. The van der Waals surface area contributed by atoms with Gasteiger partial charge in [-0.25, -0.2) is 4.98 Å². The second-order valence-electron chi connectivity index (χ2n) is 8.50. The lowest BCUT2D eigenvalue weighted by Crippen LogP contribution is -2.32. The van der Waals surface area contributed by atoms with Gasteiger partial charge in [0.2, 0.25) is 5.91 Å². The Morgan fingerprint density at radius 3 is 2.69 bits per heavy atom. The molecule has 1 heterocycles. The van der Waals surface area contributed by atoms with Gasteiger partial charge in [-0.3, -0.25) is 14.2 Å². The van der Waals surface area contributed by atoms with E-state index in [1.165, 1.54) is 34.7 Å². The van der Waals surface area contributed by atoms with Crippen LogP contribution in [0.5, 0.6) is 11.5 Å². The van der Waals surface area contributed by atoms with Gasteiger partial charge in [0.15, 0.2) is 16.7 Å². The molecule has 0 saturated carbocycles. The third kappa shape index (κ3) is 5.70. The third-order valence-corrected chi connectivity index (χ3v) is 7.20. The quantitative estimate of drug-likeness (QED) is 0.260. The highest BCUT2D eigenvalue weighted by atomic mass is 32.2. The molecule has 2 aromatic carbocycles. The van der Waals surface area contributed by atoms with Crippen molar-refractivity contribution in [3.8, 4) is 17.2 Å². The van der Waals surface area contributed by atoms with Gasteiger partial charge in [-0.1, -0.05) is 35.5 Å². The van der Waals surface area contributed by atoms with Gasteiger partial charge in [-0.05, 0) is 63.3 Å². The molecule has 4 rings (SSSR count). The number of para-hydroxylation sites is 1. The molecule has 0 radical (unpaired) electrons. The minimum Gasteiger partial charge on any atom is -0.493 e. The molecule has 1 amide bonds. The lowest BCUT2D eigenvalue weighted by atomic mass is 9.97. The maximum atomic E-state index is 13.5. The molecule has 184 valence electrons. The summed E-state index contributed by atoms with van der Waals surface area (Å²) in [5.41, 5.74) is 2.40. The van der Waals surface area contributed by atoms with E-state index in [1.807, 2.05) is 25.1 Å². The number of carbonyl (C=O) groups excluding carboxylic acids is 1. The number of amides is 1. The van der Waals surface area contributed by atoms with Gasteiger partial charge in [0.05, 0.1) is 36.1 Å². The second kappa shape index (κ2) is 11.4. The van der Waals surface area contributed by atoms with Crippen LogP contribution >= 0.6 is 11.8 Å². The van der Waals surface area contributed by atoms with Gasteiger partial charge in [0.1, 0.15) is 0 Å². The molecular formula is C27H31N3O4S. The number of hydrogen-bond donors (Lipinski definition) is 1. The van der Waals surface area contributed by atoms with E-state index < -0.39 is 5.25 Å². The summed E-state index contributed by atoms with van der Waals surface area (Å²) in [4.78, 5) is 31.2. The number of fused-ring (bicyclic) bond motifs is 1. The number of benzene rings is 2. The number of aromatic nitrogens is 2. The van der Waals surface area contributed by atoms with Gasteiger partial charge < -0.3 is 14.8 Å². The normalized spacial score (nSPS) is 14.3. The largest absolute Gasteiger partial charge is 0.493 e. The van der Waals surface area contributed by atoms with E-state index in [4.69, 9.17) is 14.5 Å². The Hall–Kier alpha value is -3.26. The molecule has 0 spiro atoms. The minimum absolute atomic E-state index is 0.0762. The van der Waals surface area contributed by atoms with E-state index in [-0.39, 0.29) is 11.5 Å². The van der Waals surface area contributed by atoms with Crippen molar-refractivity contribution in [1.82, 2.24) is 14.9 Å². The van der Waals surface area contributed by atoms with Crippen molar-refractivity contribution in [1.29, 1.82) is 0 Å². The molecule has 0 saturated heterocycles. The van der Waals surface area contributed by atoms with Crippen LogP contribution in [-0.4, -0.2) is 41.5 Å². The van der Waals surface area contributed by atoms with E-state index in [0.29, 0.717) is 39.8 Å². The lowest BCUT2D eigenvalue weighted by molar-refractivity contribution is -0.120. The molecule has 0 fully saturated rings. The molecule has 3 aromatic rings. The highest BCUT2D eigenvalue weighted by molar-refractivity contribution is 8.00. The van der Waals surface area contributed by atoms with Gasteiger partial charge in [0, 0.05) is 12.6 Å². The van der Waals surface area contributed by atoms with E-state index in [9.17, 15) is 9.59 Å². The monoisotopic (exact) mass is 493 g/mol. The molecule has 1 atom stereocenters. The topological polar surface area (TPSA) is 82.5 Å². The van der Waals surface area contributed by atoms with Crippen LogP contribution in [0.3, 0.4) is 0 Å². The molecular weight excluding hydrogens is 462 g/mol. The number of rotatable bonds is 9. The zero-order chi connectivity index (χ0) is 24.8. The van der Waals surface area contributed by atoms with Crippen molar-refractivity contribution >= 4 is 28.6 Å². The first-order valence-corrected chi connectivity index (χ1v) is 12.8. The van der Waals surface area contributed by atoms with Gasteiger partial charge in [0.25, 0.3) is 5.56 Å². The Balaban J connectivity index is 1.62. The zero-order valence-corrected chi connectivity index (χ0v) is 21.2. The Bertz CT molecular complexity index is 1300. The molecule has 8 heteroatoms. The smallest absolute Gasteiger partial charge is 0.266 e. The van der Waals surface area contributed by atoms with Crippen molar-refractivity contribution in [2.45, 2.75) is 49.4 Å². The van der Waals surface area contributed by atoms with E-state index in [2.05, 4.69) is 11.4 Å². The molecule has 7 nitrogen and oxygen atoms in total. The number of ether oxygens (including phenoxy) is 2. The van der Waals surface area contributed by atoms with Crippen LogP contribution < -0.4 is 20.3 Å². The fraction of sp³-hybridized carbons (Fsp3) is 0.370. The number of carbonyl (C=O) groups is 1. The fourth-order valence-electron chi connectivity index (χ4n) is 4.22. The van der Waals surface area contributed by atoms with Crippen LogP contribution in [0.25, 0.3) is 16.6 Å². The van der Waals surface area contributed by atoms with E-state index >= 15 is 0 Å². The number of hydrogen-bond acceptors (Lipinski definition) is 6. The number of methoxy groups -OCH3 is 2. The first-order valence-electron chi connectivity index (χ1n) is 11.9. The lowest BCUT2D eigenvalue weighted by Gasteiger charge is -2.18. The summed E-state index contributed by atoms with van der Waals surface area (Å²) >= 11 is 1.26. The average molecular weight is 494 g/mol. The van der Waals surface area contributed by atoms with Crippen LogP contribution in [0.4, 0.5) is 0 Å². The van der Waals surface area contributed by atoms with Crippen LogP contribution in [0.15, 0.2) is 64.1 Å². The summed E-state index contributed by atoms with van der Waals surface area (Å²) in [6.07, 6.45) is 7.93. The van der Waals surface area contributed by atoms with Crippen molar-refractivity contribution in [2.75, 3.05) is 20.8 Å². The third-order valence-electron chi connectivity index (χ3n) is 6.15. The maximum absolute atomic E-state index is 13.5. The Morgan fingerprint density at radius 2 is 1.94 bits per heavy atom. The molecule has 0 aliphatic heterocycles. The van der Waals surface area contributed by atoms with Crippen molar-refractivity contribution in [3.05, 3.63) is 64.5 Å². The van der Waals surface area contributed by atoms with Gasteiger partial charge in [-0.2, -0.15) is 0 Å². The summed E-state index contributed by atoms with van der Waals surface area (Å²) in [5, 5.41) is 3.55. The van der Waals surface area contributed by atoms with Crippen LogP contribution in [-0.2, 0) is 4.79 Å². The molecule has 35 heavy (non-hydrogen) atoms. The molecule has 0 bridgehead atoms. The van der Waals surface area contributed by atoms with E-state index in [1.54, 1.807) is 38.5 Å². The molecule has 1 unspecified atom stereocenters. The van der Waals surface area contributed by atoms with Crippen LogP contribution in [0, 0.1) is 0 Å². The Labute approximate surface area is 209 Å². The van der Waals surface area contributed by atoms with Crippen LogP contribution in [0.2, 0.25) is 0 Å². The van der Waals surface area contributed by atoms with Gasteiger partial charge in [-0.15, -0.1) is 0 Å². The number of thioether (sulfide) groups is 1. The number of nitrogens with one attached hydrogen (secondary N) is 1. The Kier molecular flexibility index (Phi) is 8.13. The SMILES string of the molecule is COc1ccc(-n2c(SC(C)C(=O)NCCC3=CCCCC3)nc3ccccc3c2=O)cc1OC. The second-order valence-corrected chi connectivity index (χ2v) is 9.81. The van der Waals surface area contributed by atoms with Crippen molar-refractivity contribution in [2.24, 2.45) is 0 Å². The van der Waals surface area contributed by atoms with Crippen molar-refractivity contribution in [3.63, 3.8) is 0 Å². The first-order chi connectivity index (χ1) is 17.0. The molecule has 1 aliphatic carbocycles. The predicted molar refractivity (Wildman–Crippen MR) is 140 cm³/mol. The fourth-order valence-corrected chi connectivity index (χ4v) is 5.17.